The van der Waals surface area contributed by atoms with Crippen molar-refractivity contribution in [1.29, 1.82) is 0 Å². The van der Waals surface area contributed by atoms with Gasteiger partial charge in [-0.25, -0.2) is 4.98 Å². The summed E-state index contributed by atoms with van der Waals surface area (Å²) in [5, 5.41) is 13.9. The molecule has 0 aromatic carbocycles. The normalized spacial score (nSPS) is 23.0. The van der Waals surface area contributed by atoms with Gasteiger partial charge in [0.15, 0.2) is 0 Å². The van der Waals surface area contributed by atoms with Gasteiger partial charge < -0.3 is 10.1 Å². The molecule has 1 aromatic rings. The SMILES string of the molecule is CC1CN(CCCNc2ncccc2[N+](=O)[O-])CC(C)O1. The van der Waals surface area contributed by atoms with Crippen molar-refractivity contribution < 1.29 is 9.66 Å². The van der Waals surface area contributed by atoms with Crippen molar-refractivity contribution >= 4 is 11.5 Å². The molecule has 1 saturated heterocycles. The predicted octanol–water partition coefficient (Wildman–Crippen LogP) is 1.90. The first-order valence-electron chi connectivity index (χ1n) is 7.27. The zero-order chi connectivity index (χ0) is 15.2. The molecule has 21 heavy (non-hydrogen) atoms. The highest BCUT2D eigenvalue weighted by atomic mass is 16.6. The Kier molecular flexibility index (Phi) is 5.46. The number of nitro groups is 1. The Bertz CT molecular complexity index is 473. The minimum Gasteiger partial charge on any atom is -0.373 e. The van der Waals surface area contributed by atoms with E-state index >= 15 is 0 Å². The van der Waals surface area contributed by atoms with E-state index < -0.39 is 4.92 Å². The van der Waals surface area contributed by atoms with Gasteiger partial charge in [-0.1, -0.05) is 0 Å². The van der Waals surface area contributed by atoms with Crippen LogP contribution in [0.2, 0.25) is 0 Å². The van der Waals surface area contributed by atoms with Crippen molar-refractivity contribution in [2.45, 2.75) is 32.5 Å². The van der Waals surface area contributed by atoms with E-state index in [1.54, 1.807) is 12.3 Å². The van der Waals surface area contributed by atoms with Crippen LogP contribution in [-0.2, 0) is 4.74 Å². The van der Waals surface area contributed by atoms with Crippen molar-refractivity contribution in [2.75, 3.05) is 31.5 Å². The predicted molar refractivity (Wildman–Crippen MR) is 80.4 cm³/mol. The molecule has 0 spiro atoms. The lowest BCUT2D eigenvalue weighted by Crippen LogP contribution is -2.45. The summed E-state index contributed by atoms with van der Waals surface area (Å²) in [7, 11) is 0. The zero-order valence-electron chi connectivity index (χ0n) is 12.5. The van der Waals surface area contributed by atoms with Crippen LogP contribution < -0.4 is 5.32 Å². The number of ether oxygens (including phenoxy) is 1. The maximum absolute atomic E-state index is 10.9. The molecule has 2 atom stereocenters. The fraction of sp³-hybridized carbons (Fsp3) is 0.643. The first kappa shape index (κ1) is 15.7. The number of hydrogen-bond donors (Lipinski definition) is 1. The van der Waals surface area contributed by atoms with Gasteiger partial charge in [0.25, 0.3) is 0 Å². The number of hydrogen-bond acceptors (Lipinski definition) is 6. The summed E-state index contributed by atoms with van der Waals surface area (Å²) >= 11 is 0. The van der Waals surface area contributed by atoms with E-state index in [9.17, 15) is 10.1 Å². The van der Waals surface area contributed by atoms with Gasteiger partial charge >= 0.3 is 5.69 Å². The summed E-state index contributed by atoms with van der Waals surface area (Å²) in [6.07, 6.45) is 2.99. The molecule has 0 aliphatic carbocycles. The number of aromatic nitrogens is 1. The molecule has 0 bridgehead atoms. The minimum absolute atomic E-state index is 0.0196. The highest BCUT2D eigenvalue weighted by Crippen LogP contribution is 2.20. The summed E-state index contributed by atoms with van der Waals surface area (Å²) < 4.78 is 5.69. The first-order valence-corrected chi connectivity index (χ1v) is 7.27. The number of nitrogens with one attached hydrogen (secondary N) is 1. The number of morpholine rings is 1. The van der Waals surface area contributed by atoms with Gasteiger partial charge in [0, 0.05) is 38.4 Å². The lowest BCUT2D eigenvalue weighted by Gasteiger charge is -2.35. The smallest absolute Gasteiger partial charge is 0.311 e. The van der Waals surface area contributed by atoms with Gasteiger partial charge in [-0.05, 0) is 26.3 Å². The van der Waals surface area contributed by atoms with Crippen LogP contribution in [0.3, 0.4) is 0 Å². The molecule has 1 aliphatic heterocycles. The monoisotopic (exact) mass is 294 g/mol. The summed E-state index contributed by atoms with van der Waals surface area (Å²) in [4.78, 5) is 16.9. The maximum atomic E-state index is 10.9. The Balaban J connectivity index is 1.76. The van der Waals surface area contributed by atoms with Crippen LogP contribution in [0, 0.1) is 10.1 Å². The Morgan fingerprint density at radius 1 is 1.48 bits per heavy atom. The van der Waals surface area contributed by atoms with Crippen molar-refractivity contribution in [3.63, 3.8) is 0 Å². The third-order valence-electron chi connectivity index (χ3n) is 3.42. The summed E-state index contributed by atoms with van der Waals surface area (Å²) in [5.41, 5.74) is 0.0196. The zero-order valence-corrected chi connectivity index (χ0v) is 12.5. The third kappa shape index (κ3) is 4.64. The van der Waals surface area contributed by atoms with Gasteiger partial charge in [0.1, 0.15) is 0 Å². The van der Waals surface area contributed by atoms with Crippen LogP contribution >= 0.6 is 0 Å². The van der Waals surface area contributed by atoms with E-state index in [1.165, 1.54) is 6.07 Å². The summed E-state index contributed by atoms with van der Waals surface area (Å²) in [6.45, 7) is 7.65. The number of anilines is 1. The van der Waals surface area contributed by atoms with Crippen LogP contribution in [0.4, 0.5) is 11.5 Å². The highest BCUT2D eigenvalue weighted by Gasteiger charge is 2.21. The second-order valence-electron chi connectivity index (χ2n) is 5.43. The average Bonchev–Trinajstić information content (AvgIpc) is 2.43. The summed E-state index contributed by atoms with van der Waals surface area (Å²) in [6, 6.07) is 3.03. The van der Waals surface area contributed by atoms with Gasteiger partial charge in [-0.2, -0.15) is 0 Å². The average molecular weight is 294 g/mol. The molecule has 1 aromatic heterocycles. The van der Waals surface area contributed by atoms with Crippen LogP contribution in [0.1, 0.15) is 20.3 Å². The molecule has 1 aliphatic rings. The van der Waals surface area contributed by atoms with Crippen LogP contribution in [0.25, 0.3) is 0 Å². The van der Waals surface area contributed by atoms with Crippen LogP contribution in [0.5, 0.6) is 0 Å². The molecule has 2 heterocycles. The number of pyridine rings is 1. The Morgan fingerprint density at radius 3 is 2.86 bits per heavy atom. The van der Waals surface area contributed by atoms with Crippen molar-refractivity contribution in [3.8, 4) is 0 Å². The number of rotatable bonds is 6. The van der Waals surface area contributed by atoms with Crippen LogP contribution in [-0.4, -0.2) is 53.2 Å². The molecule has 2 rings (SSSR count). The first-order chi connectivity index (χ1) is 10.1. The molecule has 116 valence electrons. The fourth-order valence-corrected chi connectivity index (χ4v) is 2.66. The van der Waals surface area contributed by atoms with Crippen molar-refractivity contribution in [3.05, 3.63) is 28.4 Å². The Hall–Kier alpha value is -1.73. The molecule has 7 nitrogen and oxygen atoms in total. The van der Waals surface area contributed by atoms with E-state index in [1.807, 2.05) is 0 Å². The van der Waals surface area contributed by atoms with E-state index in [2.05, 4.69) is 29.0 Å². The second-order valence-corrected chi connectivity index (χ2v) is 5.43. The lowest BCUT2D eigenvalue weighted by atomic mass is 10.2. The van der Waals surface area contributed by atoms with Gasteiger partial charge in [-0.3, -0.25) is 15.0 Å². The molecule has 1 N–H and O–H groups in total. The molecule has 0 radical (unpaired) electrons. The largest absolute Gasteiger partial charge is 0.373 e. The molecular formula is C14H22N4O3. The van der Waals surface area contributed by atoms with Crippen molar-refractivity contribution in [1.82, 2.24) is 9.88 Å². The third-order valence-corrected chi connectivity index (χ3v) is 3.42. The molecular weight excluding hydrogens is 272 g/mol. The Labute approximate surface area is 124 Å². The minimum atomic E-state index is -0.416. The molecule has 2 unspecified atom stereocenters. The van der Waals surface area contributed by atoms with E-state index in [0.717, 1.165) is 26.1 Å². The van der Waals surface area contributed by atoms with E-state index in [-0.39, 0.29) is 17.9 Å². The van der Waals surface area contributed by atoms with Gasteiger partial charge in [0.2, 0.25) is 5.82 Å². The van der Waals surface area contributed by atoms with E-state index in [0.29, 0.717) is 12.4 Å². The maximum Gasteiger partial charge on any atom is 0.311 e. The standard InChI is InChI=1S/C14H22N4O3/c1-11-9-17(10-12(2)21-11)8-4-7-16-14-13(18(19)20)5-3-6-15-14/h3,5-6,11-12H,4,7-10H2,1-2H3,(H,15,16). The number of nitrogens with zero attached hydrogens (tertiary/aromatic N) is 3. The molecule has 1 fully saturated rings. The topological polar surface area (TPSA) is 80.5 Å². The second kappa shape index (κ2) is 7.33. The van der Waals surface area contributed by atoms with Gasteiger partial charge in [-0.15, -0.1) is 0 Å². The Morgan fingerprint density at radius 2 is 2.19 bits per heavy atom. The highest BCUT2D eigenvalue weighted by molar-refractivity contribution is 5.54. The quantitative estimate of drug-likeness (QED) is 0.490. The molecule has 0 saturated carbocycles. The lowest BCUT2D eigenvalue weighted by molar-refractivity contribution is -0.384. The van der Waals surface area contributed by atoms with E-state index in [4.69, 9.17) is 4.74 Å². The summed E-state index contributed by atoms with van der Waals surface area (Å²) in [5.74, 6) is 0.339. The van der Waals surface area contributed by atoms with Crippen LogP contribution in [0.15, 0.2) is 18.3 Å². The molecule has 7 heteroatoms. The fourth-order valence-electron chi connectivity index (χ4n) is 2.66. The van der Waals surface area contributed by atoms with Crippen molar-refractivity contribution in [2.24, 2.45) is 0 Å². The van der Waals surface area contributed by atoms with Gasteiger partial charge in [0.05, 0.1) is 17.1 Å². The molecule has 0 amide bonds.